The molecule has 8 heteroatoms. The minimum Gasteiger partial charge on any atom is -0.444 e. The van der Waals surface area contributed by atoms with E-state index in [4.69, 9.17) is 33.7 Å². The topological polar surface area (TPSA) is 79.3 Å². The number of rotatable bonds is 1. The van der Waals surface area contributed by atoms with Gasteiger partial charge in [0.2, 0.25) is 5.88 Å². The normalized spacial score (nSPS) is 27.2. The number of nitriles is 1. The van der Waals surface area contributed by atoms with Gasteiger partial charge in [0.15, 0.2) is 5.78 Å². The molecule has 23 heavy (non-hydrogen) atoms. The van der Waals surface area contributed by atoms with Crippen LogP contribution in [0.4, 0.5) is 0 Å². The van der Waals surface area contributed by atoms with E-state index in [1.54, 1.807) is 4.90 Å². The molecule has 0 aromatic heterocycles. The third-order valence-electron chi connectivity index (χ3n) is 4.10. The zero-order valence-corrected chi connectivity index (χ0v) is 15.0. The highest BCUT2D eigenvalue weighted by Crippen LogP contribution is 2.47. The molecule has 0 aromatic rings. The number of nitrogens with two attached hydrogens (primary N) is 1. The molecular weight excluding hydrogens is 357 g/mol. The average Bonchev–Trinajstić information content (AvgIpc) is 2.76. The van der Waals surface area contributed by atoms with Gasteiger partial charge >= 0.3 is 0 Å². The highest BCUT2D eigenvalue weighted by atomic mass is 35.5. The summed E-state index contributed by atoms with van der Waals surface area (Å²) < 4.78 is 6.06. The molecule has 1 aliphatic carbocycles. The van der Waals surface area contributed by atoms with Crippen molar-refractivity contribution in [1.82, 2.24) is 4.90 Å². The molecule has 0 spiro atoms. The minimum atomic E-state index is -0.636. The SMILES string of the molecule is CC1(C)CC(=O)C2=C(C1)OC(N)=C(C#N)C2N1CSC(Cl)=C1Cl. The first kappa shape index (κ1) is 16.6. The number of ether oxygens (including phenoxy) is 1. The molecule has 3 rings (SSSR count). The Morgan fingerprint density at radius 1 is 1.43 bits per heavy atom. The third-order valence-corrected chi connectivity index (χ3v) is 6.08. The maximum absolute atomic E-state index is 12.7. The van der Waals surface area contributed by atoms with E-state index in [-0.39, 0.29) is 22.7 Å². The number of halogens is 2. The number of thioether (sulfide) groups is 1. The van der Waals surface area contributed by atoms with Crippen LogP contribution in [0.15, 0.2) is 32.3 Å². The summed E-state index contributed by atoms with van der Waals surface area (Å²) in [5.74, 6) is 0.970. The Balaban J connectivity index is 2.13. The van der Waals surface area contributed by atoms with E-state index in [9.17, 15) is 10.1 Å². The van der Waals surface area contributed by atoms with Crippen LogP contribution in [0.3, 0.4) is 0 Å². The molecule has 2 heterocycles. The maximum Gasteiger partial charge on any atom is 0.206 e. The molecule has 0 saturated heterocycles. The number of hydrogen-bond acceptors (Lipinski definition) is 6. The van der Waals surface area contributed by atoms with Crippen molar-refractivity contribution in [3.63, 3.8) is 0 Å². The molecule has 0 bridgehead atoms. The first-order valence-electron chi connectivity index (χ1n) is 7.04. The van der Waals surface area contributed by atoms with Crippen LogP contribution in [-0.2, 0) is 9.53 Å². The van der Waals surface area contributed by atoms with E-state index in [1.807, 2.05) is 13.8 Å². The van der Waals surface area contributed by atoms with Crippen molar-refractivity contribution >= 4 is 40.7 Å². The molecule has 0 saturated carbocycles. The molecule has 3 aliphatic rings. The smallest absolute Gasteiger partial charge is 0.206 e. The zero-order chi connectivity index (χ0) is 16.9. The van der Waals surface area contributed by atoms with E-state index in [2.05, 4.69) is 6.07 Å². The Morgan fingerprint density at radius 2 is 2.13 bits per heavy atom. The van der Waals surface area contributed by atoms with E-state index in [1.165, 1.54) is 11.8 Å². The number of Topliss-reactive ketones (excluding diaryl/α,β-unsaturated/α-hetero) is 1. The van der Waals surface area contributed by atoms with Gasteiger partial charge in [-0.3, -0.25) is 4.79 Å². The predicted molar refractivity (Wildman–Crippen MR) is 89.8 cm³/mol. The van der Waals surface area contributed by atoms with Crippen LogP contribution in [0.2, 0.25) is 0 Å². The van der Waals surface area contributed by atoms with Gasteiger partial charge in [0.05, 0.1) is 11.4 Å². The van der Waals surface area contributed by atoms with Gasteiger partial charge in [0.1, 0.15) is 33.0 Å². The minimum absolute atomic E-state index is 0.0271. The number of allylic oxidation sites excluding steroid dienone is 1. The highest BCUT2D eigenvalue weighted by Gasteiger charge is 2.46. The molecule has 1 atom stereocenters. The van der Waals surface area contributed by atoms with Crippen LogP contribution >= 0.6 is 35.0 Å². The van der Waals surface area contributed by atoms with Crippen LogP contribution in [-0.4, -0.2) is 22.6 Å². The summed E-state index contributed by atoms with van der Waals surface area (Å²) >= 11 is 13.7. The Morgan fingerprint density at radius 3 is 2.70 bits per heavy atom. The van der Waals surface area contributed by atoms with Gasteiger partial charge in [-0.05, 0) is 5.41 Å². The van der Waals surface area contributed by atoms with Gasteiger partial charge in [-0.15, -0.1) is 0 Å². The summed E-state index contributed by atoms with van der Waals surface area (Å²) in [6.45, 7) is 4.00. The molecule has 122 valence electrons. The number of carbonyl (C=O) groups excluding carboxylic acids is 1. The van der Waals surface area contributed by atoms with Gasteiger partial charge in [-0.25, -0.2) is 0 Å². The second-order valence-corrected chi connectivity index (χ2v) is 8.40. The zero-order valence-electron chi connectivity index (χ0n) is 12.7. The lowest BCUT2D eigenvalue weighted by molar-refractivity contribution is -0.119. The standard InChI is InChI=1S/C15H15Cl2N3O2S/c1-15(2)3-8(21)10-9(4-15)22-14(19)7(5-18)11(10)20-6-23-13(17)12(20)16/h11H,3-4,6,19H2,1-2H3. The van der Waals surface area contributed by atoms with Gasteiger partial charge < -0.3 is 15.4 Å². The van der Waals surface area contributed by atoms with Gasteiger partial charge in [-0.1, -0.05) is 48.8 Å². The average molecular weight is 372 g/mol. The number of hydrogen-bond donors (Lipinski definition) is 1. The van der Waals surface area contributed by atoms with Crippen LogP contribution in [0.1, 0.15) is 26.7 Å². The van der Waals surface area contributed by atoms with Crippen LogP contribution < -0.4 is 5.73 Å². The van der Waals surface area contributed by atoms with Crippen molar-refractivity contribution < 1.29 is 9.53 Å². The Labute approximate surface area is 148 Å². The fourth-order valence-corrected chi connectivity index (χ4v) is 4.53. The second kappa shape index (κ2) is 5.66. The lowest BCUT2D eigenvalue weighted by Gasteiger charge is -2.40. The molecule has 2 aliphatic heterocycles. The Bertz CT molecular complexity index is 733. The summed E-state index contributed by atoms with van der Waals surface area (Å²) in [6, 6.07) is 1.42. The number of carbonyl (C=O) groups is 1. The molecule has 0 aromatic carbocycles. The van der Waals surface area contributed by atoms with Crippen molar-refractivity contribution in [3.05, 3.63) is 32.3 Å². The largest absolute Gasteiger partial charge is 0.444 e. The van der Waals surface area contributed by atoms with Gasteiger partial charge in [-0.2, -0.15) is 5.26 Å². The maximum atomic E-state index is 12.7. The lowest BCUT2D eigenvalue weighted by atomic mass is 9.73. The number of nitrogens with zero attached hydrogens (tertiary/aromatic N) is 2. The summed E-state index contributed by atoms with van der Waals surface area (Å²) in [4.78, 5) is 14.5. The molecule has 1 unspecified atom stereocenters. The summed E-state index contributed by atoms with van der Waals surface area (Å²) in [6.07, 6.45) is 0.973. The van der Waals surface area contributed by atoms with Crippen LogP contribution in [0.5, 0.6) is 0 Å². The van der Waals surface area contributed by atoms with Crippen molar-refractivity contribution in [1.29, 1.82) is 5.26 Å². The highest BCUT2D eigenvalue weighted by molar-refractivity contribution is 8.04. The summed E-state index contributed by atoms with van der Waals surface area (Å²) in [5.41, 5.74) is 6.39. The van der Waals surface area contributed by atoms with Crippen molar-refractivity contribution in [3.8, 4) is 6.07 Å². The van der Waals surface area contributed by atoms with Crippen molar-refractivity contribution in [2.24, 2.45) is 11.1 Å². The monoisotopic (exact) mass is 371 g/mol. The quantitative estimate of drug-likeness (QED) is 0.712. The van der Waals surface area contributed by atoms with E-state index in [0.29, 0.717) is 39.6 Å². The van der Waals surface area contributed by atoms with E-state index >= 15 is 0 Å². The predicted octanol–water partition coefficient (Wildman–Crippen LogP) is 3.33. The second-order valence-electron chi connectivity index (χ2n) is 6.48. The summed E-state index contributed by atoms with van der Waals surface area (Å²) in [5, 5.41) is 9.82. The number of ketones is 1. The summed E-state index contributed by atoms with van der Waals surface area (Å²) in [7, 11) is 0. The van der Waals surface area contributed by atoms with Crippen LogP contribution in [0, 0.1) is 16.7 Å². The molecule has 0 fully saturated rings. The lowest BCUT2D eigenvalue weighted by Crippen LogP contribution is -2.44. The first-order valence-corrected chi connectivity index (χ1v) is 8.78. The third kappa shape index (κ3) is 2.71. The molecule has 0 amide bonds. The molecular formula is C15H15Cl2N3O2S. The van der Waals surface area contributed by atoms with Gasteiger partial charge in [0, 0.05) is 12.8 Å². The Hall–Kier alpha value is -1.29. The van der Waals surface area contributed by atoms with E-state index in [0.717, 1.165) is 0 Å². The fraction of sp³-hybridized carbons (Fsp3) is 0.467. The van der Waals surface area contributed by atoms with Crippen LogP contribution in [0.25, 0.3) is 0 Å². The molecule has 5 nitrogen and oxygen atoms in total. The van der Waals surface area contributed by atoms with Gasteiger partial charge in [0.25, 0.3) is 0 Å². The first-order chi connectivity index (χ1) is 10.7. The van der Waals surface area contributed by atoms with Crippen molar-refractivity contribution in [2.45, 2.75) is 32.7 Å². The van der Waals surface area contributed by atoms with E-state index < -0.39 is 6.04 Å². The fourth-order valence-electron chi connectivity index (χ4n) is 3.11. The molecule has 2 N–H and O–H groups in total. The Kier molecular flexibility index (Phi) is 4.07. The molecule has 0 radical (unpaired) electrons. The van der Waals surface area contributed by atoms with Crippen molar-refractivity contribution in [2.75, 3.05) is 5.88 Å².